The van der Waals surface area contributed by atoms with Gasteiger partial charge in [0.05, 0.1) is 6.61 Å². The number of esters is 1. The molecule has 0 bridgehead atoms. The average molecular weight is 188 g/mol. The van der Waals surface area contributed by atoms with E-state index in [2.05, 4.69) is 0 Å². The van der Waals surface area contributed by atoms with Crippen LogP contribution in [0.15, 0.2) is 0 Å². The van der Waals surface area contributed by atoms with Gasteiger partial charge >= 0.3 is 5.97 Å². The maximum atomic E-state index is 10.4. The van der Waals surface area contributed by atoms with Crippen LogP contribution in [0.2, 0.25) is 0 Å². The van der Waals surface area contributed by atoms with Crippen LogP contribution >= 0.6 is 0 Å². The van der Waals surface area contributed by atoms with E-state index >= 15 is 0 Å². The number of nitrogens with two attached hydrogens (primary N) is 2. The third-order valence-corrected chi connectivity index (χ3v) is 1.80. The third-order valence-electron chi connectivity index (χ3n) is 1.80. The van der Waals surface area contributed by atoms with Crippen molar-refractivity contribution < 1.29 is 9.53 Å². The van der Waals surface area contributed by atoms with E-state index in [0.717, 1.165) is 25.7 Å². The molecule has 4 heteroatoms. The molecule has 0 saturated carbocycles. The molecule has 1 atom stereocenters. The first-order valence-electron chi connectivity index (χ1n) is 4.76. The summed E-state index contributed by atoms with van der Waals surface area (Å²) in [5, 5.41) is 0. The van der Waals surface area contributed by atoms with Crippen LogP contribution in [0, 0.1) is 0 Å². The number of ether oxygens (including phenoxy) is 1. The fourth-order valence-electron chi connectivity index (χ4n) is 1.09. The van der Waals surface area contributed by atoms with E-state index in [1.54, 1.807) is 0 Å². The van der Waals surface area contributed by atoms with Gasteiger partial charge in [0.1, 0.15) is 0 Å². The summed E-state index contributed by atoms with van der Waals surface area (Å²) in [6.45, 7) is 2.58. The van der Waals surface area contributed by atoms with Crippen LogP contribution in [-0.4, -0.2) is 25.2 Å². The zero-order valence-electron chi connectivity index (χ0n) is 8.29. The van der Waals surface area contributed by atoms with Crippen LogP contribution < -0.4 is 11.5 Å². The number of hydrogen-bond acceptors (Lipinski definition) is 4. The Bertz CT molecular complexity index is 140. The first-order valence-corrected chi connectivity index (χ1v) is 4.76. The Morgan fingerprint density at radius 2 is 2.00 bits per heavy atom. The summed E-state index contributed by atoms with van der Waals surface area (Å²) < 4.78 is 4.78. The summed E-state index contributed by atoms with van der Waals surface area (Å²) in [5.74, 6) is -0.226. The van der Waals surface area contributed by atoms with Crippen molar-refractivity contribution in [3.8, 4) is 0 Å². The van der Waals surface area contributed by atoms with Crippen molar-refractivity contribution in [2.75, 3.05) is 13.2 Å². The lowest BCUT2D eigenvalue weighted by molar-refractivity contribution is -0.141. The van der Waals surface area contributed by atoms with Crippen molar-refractivity contribution in [1.29, 1.82) is 0 Å². The minimum atomic E-state index is -0.226. The standard InChI is InChI=1S/C9H20N2O2/c1-8(12)13-7-3-5-9(11)4-2-6-10/h9H,2-7,10-11H2,1H3. The molecular formula is C9H20N2O2. The van der Waals surface area contributed by atoms with E-state index in [0.29, 0.717) is 13.2 Å². The second-order valence-corrected chi connectivity index (χ2v) is 3.17. The zero-order chi connectivity index (χ0) is 10.1. The van der Waals surface area contributed by atoms with Crippen molar-refractivity contribution in [2.24, 2.45) is 11.5 Å². The van der Waals surface area contributed by atoms with Crippen LogP contribution in [0.25, 0.3) is 0 Å². The van der Waals surface area contributed by atoms with Gasteiger partial charge in [-0.05, 0) is 32.2 Å². The lowest BCUT2D eigenvalue weighted by Gasteiger charge is -2.09. The summed E-state index contributed by atoms with van der Waals surface area (Å²) in [5.41, 5.74) is 11.1. The molecule has 0 heterocycles. The Balaban J connectivity index is 3.16. The minimum Gasteiger partial charge on any atom is -0.466 e. The van der Waals surface area contributed by atoms with Crippen LogP contribution in [0.1, 0.15) is 32.6 Å². The van der Waals surface area contributed by atoms with E-state index in [1.807, 2.05) is 0 Å². The molecule has 0 amide bonds. The lowest BCUT2D eigenvalue weighted by atomic mass is 10.1. The van der Waals surface area contributed by atoms with Gasteiger partial charge in [-0.3, -0.25) is 4.79 Å². The van der Waals surface area contributed by atoms with Crippen molar-refractivity contribution in [1.82, 2.24) is 0 Å². The smallest absolute Gasteiger partial charge is 0.302 e. The first kappa shape index (κ1) is 12.4. The Hall–Kier alpha value is -0.610. The van der Waals surface area contributed by atoms with E-state index in [4.69, 9.17) is 16.2 Å². The van der Waals surface area contributed by atoms with Crippen molar-refractivity contribution in [3.05, 3.63) is 0 Å². The van der Waals surface area contributed by atoms with Crippen molar-refractivity contribution >= 4 is 5.97 Å². The van der Waals surface area contributed by atoms with Gasteiger partial charge in [-0.2, -0.15) is 0 Å². The monoisotopic (exact) mass is 188 g/mol. The quantitative estimate of drug-likeness (QED) is 0.447. The maximum Gasteiger partial charge on any atom is 0.302 e. The molecule has 0 aliphatic carbocycles. The molecule has 0 fully saturated rings. The maximum absolute atomic E-state index is 10.4. The second kappa shape index (κ2) is 8.01. The third kappa shape index (κ3) is 9.30. The molecule has 4 N–H and O–H groups in total. The predicted molar refractivity (Wildman–Crippen MR) is 52.1 cm³/mol. The van der Waals surface area contributed by atoms with E-state index in [-0.39, 0.29) is 12.0 Å². The molecule has 1 unspecified atom stereocenters. The van der Waals surface area contributed by atoms with E-state index in [1.165, 1.54) is 6.92 Å². The van der Waals surface area contributed by atoms with Crippen molar-refractivity contribution in [2.45, 2.75) is 38.6 Å². The molecule has 0 aromatic heterocycles. The van der Waals surface area contributed by atoms with Gasteiger partial charge in [-0.25, -0.2) is 0 Å². The van der Waals surface area contributed by atoms with Crippen molar-refractivity contribution in [3.63, 3.8) is 0 Å². The van der Waals surface area contributed by atoms with Crippen LogP contribution in [0.5, 0.6) is 0 Å². The topological polar surface area (TPSA) is 78.3 Å². The highest BCUT2D eigenvalue weighted by Crippen LogP contribution is 2.01. The Labute approximate surface area is 79.6 Å². The van der Waals surface area contributed by atoms with E-state index < -0.39 is 0 Å². The Morgan fingerprint density at radius 1 is 1.38 bits per heavy atom. The van der Waals surface area contributed by atoms with Gasteiger partial charge in [0.2, 0.25) is 0 Å². The molecule has 0 aliphatic heterocycles. The lowest BCUT2D eigenvalue weighted by Crippen LogP contribution is -2.21. The van der Waals surface area contributed by atoms with Gasteiger partial charge in [-0.15, -0.1) is 0 Å². The Morgan fingerprint density at radius 3 is 2.54 bits per heavy atom. The summed E-state index contributed by atoms with van der Waals surface area (Å²) in [6, 6.07) is 0.194. The normalized spacial score (nSPS) is 12.5. The summed E-state index contributed by atoms with van der Waals surface area (Å²) in [6.07, 6.45) is 3.66. The molecule has 0 spiro atoms. The van der Waals surface area contributed by atoms with Gasteiger partial charge in [0.25, 0.3) is 0 Å². The largest absolute Gasteiger partial charge is 0.466 e. The molecule has 0 saturated heterocycles. The molecule has 4 nitrogen and oxygen atoms in total. The molecular weight excluding hydrogens is 168 g/mol. The molecule has 0 rings (SSSR count). The zero-order valence-corrected chi connectivity index (χ0v) is 8.29. The Kier molecular flexibility index (Phi) is 7.63. The molecule has 0 aliphatic rings. The number of carbonyl (C=O) groups is 1. The van der Waals surface area contributed by atoms with Crippen LogP contribution in [0.4, 0.5) is 0 Å². The number of rotatable bonds is 7. The van der Waals surface area contributed by atoms with Crippen LogP contribution in [-0.2, 0) is 9.53 Å². The van der Waals surface area contributed by atoms with Gasteiger partial charge in [-0.1, -0.05) is 0 Å². The van der Waals surface area contributed by atoms with Gasteiger partial charge < -0.3 is 16.2 Å². The SMILES string of the molecule is CC(=O)OCCCC(N)CCCN. The molecule has 0 aromatic carbocycles. The fraction of sp³-hybridized carbons (Fsp3) is 0.889. The van der Waals surface area contributed by atoms with Crippen LogP contribution in [0.3, 0.4) is 0 Å². The predicted octanol–water partition coefficient (Wildman–Crippen LogP) is 0.396. The number of hydrogen-bond donors (Lipinski definition) is 2. The highest BCUT2D eigenvalue weighted by Gasteiger charge is 2.01. The molecule has 0 radical (unpaired) electrons. The van der Waals surface area contributed by atoms with Gasteiger partial charge in [0, 0.05) is 13.0 Å². The van der Waals surface area contributed by atoms with Gasteiger partial charge in [0.15, 0.2) is 0 Å². The minimum absolute atomic E-state index is 0.194. The molecule has 78 valence electrons. The molecule has 13 heavy (non-hydrogen) atoms. The second-order valence-electron chi connectivity index (χ2n) is 3.17. The fourth-order valence-corrected chi connectivity index (χ4v) is 1.09. The summed E-state index contributed by atoms with van der Waals surface area (Å²) in [4.78, 5) is 10.4. The highest BCUT2D eigenvalue weighted by molar-refractivity contribution is 5.65. The summed E-state index contributed by atoms with van der Waals surface area (Å²) in [7, 11) is 0. The summed E-state index contributed by atoms with van der Waals surface area (Å²) >= 11 is 0. The average Bonchev–Trinajstić information content (AvgIpc) is 2.08. The highest BCUT2D eigenvalue weighted by atomic mass is 16.5. The molecule has 0 aromatic rings. The number of carbonyl (C=O) groups excluding carboxylic acids is 1. The first-order chi connectivity index (χ1) is 6.16. The van der Waals surface area contributed by atoms with E-state index in [9.17, 15) is 4.79 Å².